The quantitative estimate of drug-likeness (QED) is 0.635. The third-order valence-electron chi connectivity index (χ3n) is 1.38. The lowest BCUT2D eigenvalue weighted by atomic mass is 10.7. The van der Waals surface area contributed by atoms with Gasteiger partial charge in [0.1, 0.15) is 12.2 Å². The van der Waals surface area contributed by atoms with Gasteiger partial charge in [0, 0.05) is 23.9 Å². The average molecular weight is 166 g/mol. The van der Waals surface area contributed by atoms with Crippen LogP contribution in [0, 0.1) is 6.92 Å². The van der Waals surface area contributed by atoms with Crippen LogP contribution < -0.4 is 0 Å². The summed E-state index contributed by atoms with van der Waals surface area (Å²) >= 11 is 1.36. The molecule has 56 valence electrons. The maximum absolute atomic E-state index is 4.07. The largest absolute Gasteiger partial charge is 0.278 e. The number of imidazole rings is 1. The Balaban J connectivity index is 2.53. The molecular weight excluding hydrogens is 160 g/mol. The van der Waals surface area contributed by atoms with Crippen molar-refractivity contribution >= 4 is 11.5 Å². The highest BCUT2D eigenvalue weighted by atomic mass is 32.1. The molecule has 4 nitrogen and oxygen atoms in total. The van der Waals surface area contributed by atoms with E-state index in [0.717, 1.165) is 11.0 Å². The van der Waals surface area contributed by atoms with Crippen LogP contribution in [0.25, 0.3) is 5.13 Å². The van der Waals surface area contributed by atoms with Crippen molar-refractivity contribution in [2.45, 2.75) is 6.92 Å². The Kier molecular flexibility index (Phi) is 1.43. The summed E-state index contributed by atoms with van der Waals surface area (Å²) in [6.45, 7) is 1.93. The SMILES string of the molecule is Cc1nccn1-c1ncns1. The van der Waals surface area contributed by atoms with Gasteiger partial charge in [0.15, 0.2) is 0 Å². The number of aryl methyl sites for hydroxylation is 1. The minimum atomic E-state index is 0.861. The fourth-order valence-corrected chi connectivity index (χ4v) is 1.42. The van der Waals surface area contributed by atoms with E-state index in [1.54, 1.807) is 12.5 Å². The molecule has 0 saturated heterocycles. The molecule has 11 heavy (non-hydrogen) atoms. The summed E-state index contributed by atoms with van der Waals surface area (Å²) in [5, 5.41) is 0.861. The minimum absolute atomic E-state index is 0.861. The third-order valence-corrected chi connectivity index (χ3v) is 2.05. The second-order valence-corrected chi connectivity index (χ2v) is 2.83. The van der Waals surface area contributed by atoms with E-state index in [9.17, 15) is 0 Å². The fraction of sp³-hybridized carbons (Fsp3) is 0.167. The van der Waals surface area contributed by atoms with Crippen molar-refractivity contribution in [2.75, 3.05) is 0 Å². The van der Waals surface area contributed by atoms with Gasteiger partial charge < -0.3 is 0 Å². The monoisotopic (exact) mass is 166 g/mol. The standard InChI is InChI=1S/C6H6N4S/c1-5-7-2-3-10(5)6-8-4-9-11-6/h2-4H,1H3. The zero-order valence-electron chi connectivity index (χ0n) is 5.93. The van der Waals surface area contributed by atoms with Crippen molar-refractivity contribution in [3.05, 3.63) is 24.5 Å². The van der Waals surface area contributed by atoms with Gasteiger partial charge in [-0.3, -0.25) is 4.57 Å². The molecule has 0 saturated carbocycles. The molecule has 0 amide bonds. The Morgan fingerprint density at radius 1 is 1.45 bits per heavy atom. The van der Waals surface area contributed by atoms with E-state index in [-0.39, 0.29) is 0 Å². The van der Waals surface area contributed by atoms with Gasteiger partial charge in [0.25, 0.3) is 0 Å². The highest BCUT2D eigenvalue weighted by Crippen LogP contribution is 2.09. The molecule has 0 aliphatic heterocycles. The summed E-state index contributed by atoms with van der Waals surface area (Å²) in [6.07, 6.45) is 5.16. The molecule has 5 heteroatoms. The zero-order valence-corrected chi connectivity index (χ0v) is 6.75. The molecule has 2 rings (SSSR count). The second-order valence-electron chi connectivity index (χ2n) is 2.07. The lowest BCUT2D eigenvalue weighted by molar-refractivity contribution is 0.959. The van der Waals surface area contributed by atoms with E-state index >= 15 is 0 Å². The van der Waals surface area contributed by atoms with Gasteiger partial charge >= 0.3 is 0 Å². The molecule has 2 aromatic rings. The lowest BCUT2D eigenvalue weighted by Crippen LogP contribution is -1.93. The van der Waals surface area contributed by atoms with E-state index in [2.05, 4.69) is 14.3 Å². The minimum Gasteiger partial charge on any atom is -0.278 e. The summed E-state index contributed by atoms with van der Waals surface area (Å²) in [5.41, 5.74) is 0. The number of aromatic nitrogens is 4. The van der Waals surface area contributed by atoms with Gasteiger partial charge in [0.05, 0.1) is 0 Å². The Morgan fingerprint density at radius 2 is 2.36 bits per heavy atom. The molecule has 0 fully saturated rings. The van der Waals surface area contributed by atoms with Gasteiger partial charge in [-0.05, 0) is 6.92 Å². The van der Waals surface area contributed by atoms with E-state index in [0.29, 0.717) is 0 Å². The van der Waals surface area contributed by atoms with Gasteiger partial charge in [-0.15, -0.1) is 0 Å². The highest BCUT2D eigenvalue weighted by molar-refractivity contribution is 7.07. The molecular formula is C6H6N4S. The molecule has 2 heterocycles. The zero-order chi connectivity index (χ0) is 7.68. The smallest absolute Gasteiger partial charge is 0.214 e. The second kappa shape index (κ2) is 2.43. The first-order valence-corrected chi connectivity index (χ1v) is 3.92. The van der Waals surface area contributed by atoms with Crippen LogP contribution >= 0.6 is 11.5 Å². The van der Waals surface area contributed by atoms with Crippen LogP contribution in [0.5, 0.6) is 0 Å². The summed E-state index contributed by atoms with van der Waals surface area (Å²) in [6, 6.07) is 0. The first kappa shape index (κ1) is 6.48. The normalized spacial score (nSPS) is 10.3. The fourth-order valence-electron chi connectivity index (χ4n) is 0.854. The summed E-state index contributed by atoms with van der Waals surface area (Å²) in [7, 11) is 0. The number of nitrogens with zero attached hydrogens (tertiary/aromatic N) is 4. The van der Waals surface area contributed by atoms with Crippen LogP contribution in [0.4, 0.5) is 0 Å². The van der Waals surface area contributed by atoms with E-state index in [1.807, 2.05) is 17.7 Å². The Bertz CT molecular complexity index is 337. The summed E-state index contributed by atoms with van der Waals surface area (Å²) < 4.78 is 5.80. The van der Waals surface area contributed by atoms with Gasteiger partial charge in [-0.1, -0.05) is 0 Å². The average Bonchev–Trinajstić information content (AvgIpc) is 2.55. The van der Waals surface area contributed by atoms with Crippen LogP contribution in [0.3, 0.4) is 0 Å². The first-order chi connectivity index (χ1) is 5.38. The van der Waals surface area contributed by atoms with Crippen molar-refractivity contribution < 1.29 is 0 Å². The molecule has 0 spiro atoms. The lowest BCUT2D eigenvalue weighted by Gasteiger charge is -1.95. The Morgan fingerprint density at radius 3 is 2.91 bits per heavy atom. The van der Waals surface area contributed by atoms with Crippen LogP contribution in [-0.4, -0.2) is 18.9 Å². The topological polar surface area (TPSA) is 43.6 Å². The highest BCUT2D eigenvalue weighted by Gasteiger charge is 2.01. The molecule has 0 radical (unpaired) electrons. The van der Waals surface area contributed by atoms with Crippen molar-refractivity contribution in [3.63, 3.8) is 0 Å². The summed E-state index contributed by atoms with van der Waals surface area (Å²) in [5.74, 6) is 0.932. The molecule has 0 aliphatic carbocycles. The van der Waals surface area contributed by atoms with Crippen molar-refractivity contribution in [1.29, 1.82) is 0 Å². The van der Waals surface area contributed by atoms with Crippen LogP contribution in [0.15, 0.2) is 18.7 Å². The Hall–Kier alpha value is -1.23. The van der Waals surface area contributed by atoms with Gasteiger partial charge in [-0.2, -0.15) is 4.37 Å². The van der Waals surface area contributed by atoms with Gasteiger partial charge in [0.2, 0.25) is 5.13 Å². The van der Waals surface area contributed by atoms with Gasteiger partial charge in [-0.25, -0.2) is 9.97 Å². The number of hydrogen-bond acceptors (Lipinski definition) is 4. The molecule has 0 aromatic carbocycles. The maximum Gasteiger partial charge on any atom is 0.214 e. The van der Waals surface area contributed by atoms with E-state index in [4.69, 9.17) is 0 Å². The van der Waals surface area contributed by atoms with Crippen molar-refractivity contribution in [2.24, 2.45) is 0 Å². The van der Waals surface area contributed by atoms with Crippen molar-refractivity contribution in [1.82, 2.24) is 18.9 Å². The predicted octanol–water partition coefficient (Wildman–Crippen LogP) is 1.03. The number of rotatable bonds is 1. The molecule has 0 N–H and O–H groups in total. The number of hydrogen-bond donors (Lipinski definition) is 0. The maximum atomic E-state index is 4.07. The van der Waals surface area contributed by atoms with E-state index < -0.39 is 0 Å². The molecule has 0 atom stereocenters. The van der Waals surface area contributed by atoms with Crippen LogP contribution in [0.1, 0.15) is 5.82 Å². The van der Waals surface area contributed by atoms with Crippen molar-refractivity contribution in [3.8, 4) is 5.13 Å². The third kappa shape index (κ3) is 1.03. The molecule has 2 aromatic heterocycles. The molecule has 0 bridgehead atoms. The predicted molar refractivity (Wildman–Crippen MR) is 41.8 cm³/mol. The molecule has 0 unspecified atom stereocenters. The van der Waals surface area contributed by atoms with Crippen LogP contribution in [0.2, 0.25) is 0 Å². The summed E-state index contributed by atoms with van der Waals surface area (Å²) in [4.78, 5) is 8.12. The Labute approximate surface area is 67.7 Å². The van der Waals surface area contributed by atoms with E-state index in [1.165, 1.54) is 11.5 Å². The van der Waals surface area contributed by atoms with Crippen LogP contribution in [-0.2, 0) is 0 Å². The first-order valence-electron chi connectivity index (χ1n) is 3.15. The molecule has 0 aliphatic rings.